The number of methoxy groups -OCH3 is 1. The molecule has 0 amide bonds. The number of aryl methyl sites for hydroxylation is 1. The Labute approximate surface area is 107 Å². The fraction of sp³-hybridized carbons (Fsp3) is 0.667. The SMILES string of the molecule is COCCNc1cc(N2CCOCC2)nc(C)n1. The molecule has 1 aromatic heterocycles. The smallest absolute Gasteiger partial charge is 0.134 e. The molecule has 0 aromatic carbocycles. The molecule has 1 aromatic rings. The van der Waals surface area contributed by atoms with Gasteiger partial charge in [0.25, 0.3) is 0 Å². The fourth-order valence-corrected chi connectivity index (χ4v) is 1.88. The molecular formula is C12H20N4O2. The van der Waals surface area contributed by atoms with Crippen LogP contribution in [0.3, 0.4) is 0 Å². The third kappa shape index (κ3) is 3.54. The van der Waals surface area contributed by atoms with Crippen molar-refractivity contribution in [2.75, 3.05) is 56.8 Å². The number of hydrogen-bond acceptors (Lipinski definition) is 6. The quantitative estimate of drug-likeness (QED) is 0.778. The van der Waals surface area contributed by atoms with E-state index < -0.39 is 0 Å². The molecule has 0 spiro atoms. The Morgan fingerprint density at radius 3 is 2.89 bits per heavy atom. The van der Waals surface area contributed by atoms with E-state index in [2.05, 4.69) is 20.2 Å². The second-order valence-electron chi connectivity index (χ2n) is 4.18. The minimum absolute atomic E-state index is 0.663. The van der Waals surface area contributed by atoms with Gasteiger partial charge in [-0.3, -0.25) is 0 Å². The van der Waals surface area contributed by atoms with E-state index in [1.165, 1.54) is 0 Å². The molecule has 1 aliphatic heterocycles. The van der Waals surface area contributed by atoms with Crippen molar-refractivity contribution in [3.8, 4) is 0 Å². The van der Waals surface area contributed by atoms with Gasteiger partial charge in [0.2, 0.25) is 0 Å². The van der Waals surface area contributed by atoms with Gasteiger partial charge in [-0.05, 0) is 6.92 Å². The molecule has 1 aliphatic rings. The summed E-state index contributed by atoms with van der Waals surface area (Å²) in [6.07, 6.45) is 0. The molecule has 0 bridgehead atoms. The zero-order valence-corrected chi connectivity index (χ0v) is 11.0. The Balaban J connectivity index is 2.05. The Kier molecular flexibility index (Phi) is 4.72. The molecule has 1 saturated heterocycles. The van der Waals surface area contributed by atoms with Gasteiger partial charge in [-0.15, -0.1) is 0 Å². The Morgan fingerprint density at radius 2 is 2.17 bits per heavy atom. The third-order valence-electron chi connectivity index (χ3n) is 2.77. The Morgan fingerprint density at radius 1 is 1.39 bits per heavy atom. The standard InChI is InChI=1S/C12H20N4O2/c1-10-14-11(13-3-6-17-2)9-12(15-10)16-4-7-18-8-5-16/h9H,3-8H2,1-2H3,(H,13,14,15). The van der Waals surface area contributed by atoms with Gasteiger partial charge in [0.1, 0.15) is 17.5 Å². The number of ether oxygens (including phenoxy) is 2. The van der Waals surface area contributed by atoms with Crippen LogP contribution in [-0.4, -0.2) is 56.5 Å². The topological polar surface area (TPSA) is 59.5 Å². The third-order valence-corrected chi connectivity index (χ3v) is 2.77. The zero-order valence-electron chi connectivity index (χ0n) is 11.0. The van der Waals surface area contributed by atoms with Crippen molar-refractivity contribution in [2.24, 2.45) is 0 Å². The number of rotatable bonds is 5. The lowest BCUT2D eigenvalue weighted by atomic mass is 10.4. The van der Waals surface area contributed by atoms with E-state index in [9.17, 15) is 0 Å². The van der Waals surface area contributed by atoms with Crippen molar-refractivity contribution < 1.29 is 9.47 Å². The summed E-state index contributed by atoms with van der Waals surface area (Å²) < 4.78 is 10.4. The number of nitrogens with one attached hydrogen (secondary N) is 1. The largest absolute Gasteiger partial charge is 0.383 e. The lowest BCUT2D eigenvalue weighted by molar-refractivity contribution is 0.122. The van der Waals surface area contributed by atoms with Crippen LogP contribution in [0.15, 0.2) is 6.07 Å². The molecule has 18 heavy (non-hydrogen) atoms. The van der Waals surface area contributed by atoms with Gasteiger partial charge < -0.3 is 19.7 Å². The normalized spacial score (nSPS) is 15.8. The van der Waals surface area contributed by atoms with Crippen LogP contribution in [0, 0.1) is 6.92 Å². The van der Waals surface area contributed by atoms with Crippen LogP contribution in [0.25, 0.3) is 0 Å². The van der Waals surface area contributed by atoms with Crippen LogP contribution in [0.2, 0.25) is 0 Å². The number of morpholine rings is 1. The number of hydrogen-bond donors (Lipinski definition) is 1. The first-order valence-corrected chi connectivity index (χ1v) is 6.21. The van der Waals surface area contributed by atoms with Gasteiger partial charge in [0.05, 0.1) is 19.8 Å². The fourth-order valence-electron chi connectivity index (χ4n) is 1.88. The van der Waals surface area contributed by atoms with Crippen LogP contribution >= 0.6 is 0 Å². The predicted octanol–water partition coefficient (Wildman–Crippen LogP) is 0.680. The Bertz CT molecular complexity index is 380. The van der Waals surface area contributed by atoms with Crippen molar-refractivity contribution >= 4 is 11.6 Å². The lowest BCUT2D eigenvalue weighted by Crippen LogP contribution is -2.37. The molecule has 100 valence electrons. The van der Waals surface area contributed by atoms with Gasteiger partial charge in [0.15, 0.2) is 0 Å². The molecule has 2 heterocycles. The van der Waals surface area contributed by atoms with E-state index in [0.29, 0.717) is 6.61 Å². The highest BCUT2D eigenvalue weighted by Crippen LogP contribution is 2.16. The second-order valence-corrected chi connectivity index (χ2v) is 4.18. The molecular weight excluding hydrogens is 232 g/mol. The van der Waals surface area contributed by atoms with Crippen LogP contribution in [-0.2, 0) is 9.47 Å². The first-order chi connectivity index (χ1) is 8.79. The predicted molar refractivity (Wildman–Crippen MR) is 70.2 cm³/mol. The van der Waals surface area contributed by atoms with Crippen molar-refractivity contribution in [1.82, 2.24) is 9.97 Å². The molecule has 1 fully saturated rings. The average molecular weight is 252 g/mol. The maximum atomic E-state index is 5.34. The van der Waals surface area contributed by atoms with Crippen molar-refractivity contribution in [2.45, 2.75) is 6.92 Å². The van der Waals surface area contributed by atoms with Crippen molar-refractivity contribution in [1.29, 1.82) is 0 Å². The van der Waals surface area contributed by atoms with Crippen LogP contribution < -0.4 is 10.2 Å². The van der Waals surface area contributed by atoms with E-state index in [4.69, 9.17) is 9.47 Å². The summed E-state index contributed by atoms with van der Waals surface area (Å²) in [5.74, 6) is 2.59. The minimum atomic E-state index is 0.663. The maximum absolute atomic E-state index is 5.34. The summed E-state index contributed by atoms with van der Waals surface area (Å²) in [5, 5.41) is 3.23. The van der Waals surface area contributed by atoms with Gasteiger partial charge >= 0.3 is 0 Å². The first kappa shape index (κ1) is 13.0. The second kappa shape index (κ2) is 6.51. The molecule has 1 N–H and O–H groups in total. The molecule has 0 radical (unpaired) electrons. The van der Waals surface area contributed by atoms with E-state index >= 15 is 0 Å². The zero-order chi connectivity index (χ0) is 12.8. The average Bonchev–Trinajstić information content (AvgIpc) is 2.39. The van der Waals surface area contributed by atoms with Crippen LogP contribution in [0.4, 0.5) is 11.6 Å². The van der Waals surface area contributed by atoms with E-state index in [1.54, 1.807) is 7.11 Å². The number of nitrogens with zero attached hydrogens (tertiary/aromatic N) is 3. The molecule has 6 nitrogen and oxygen atoms in total. The molecule has 0 aliphatic carbocycles. The molecule has 0 unspecified atom stereocenters. The van der Waals surface area contributed by atoms with Crippen molar-refractivity contribution in [3.05, 3.63) is 11.9 Å². The van der Waals surface area contributed by atoms with Crippen molar-refractivity contribution in [3.63, 3.8) is 0 Å². The lowest BCUT2D eigenvalue weighted by Gasteiger charge is -2.28. The molecule has 2 rings (SSSR count). The monoisotopic (exact) mass is 252 g/mol. The molecule has 6 heteroatoms. The van der Waals surface area contributed by atoms with E-state index in [1.807, 2.05) is 13.0 Å². The van der Waals surface area contributed by atoms with E-state index in [0.717, 1.165) is 50.3 Å². The van der Waals surface area contributed by atoms with Crippen LogP contribution in [0.1, 0.15) is 5.82 Å². The highest BCUT2D eigenvalue weighted by molar-refractivity contribution is 5.49. The Hall–Kier alpha value is -1.40. The number of anilines is 2. The van der Waals surface area contributed by atoms with Gasteiger partial charge in [-0.2, -0.15) is 0 Å². The summed E-state index contributed by atoms with van der Waals surface area (Å²) in [6, 6.07) is 1.98. The molecule has 0 saturated carbocycles. The number of aromatic nitrogens is 2. The maximum Gasteiger partial charge on any atom is 0.134 e. The van der Waals surface area contributed by atoms with Gasteiger partial charge in [-0.1, -0.05) is 0 Å². The first-order valence-electron chi connectivity index (χ1n) is 6.21. The van der Waals surface area contributed by atoms with Crippen LogP contribution in [0.5, 0.6) is 0 Å². The molecule has 0 atom stereocenters. The van der Waals surface area contributed by atoms with Gasteiger partial charge in [0, 0.05) is 32.8 Å². The summed E-state index contributed by atoms with van der Waals surface area (Å²) in [5.41, 5.74) is 0. The summed E-state index contributed by atoms with van der Waals surface area (Å²) in [7, 11) is 1.69. The summed E-state index contributed by atoms with van der Waals surface area (Å²) in [4.78, 5) is 11.1. The minimum Gasteiger partial charge on any atom is -0.383 e. The summed E-state index contributed by atoms with van der Waals surface area (Å²) >= 11 is 0. The van der Waals surface area contributed by atoms with E-state index in [-0.39, 0.29) is 0 Å². The van der Waals surface area contributed by atoms with Gasteiger partial charge in [-0.25, -0.2) is 9.97 Å². The highest BCUT2D eigenvalue weighted by Gasteiger charge is 2.13. The highest BCUT2D eigenvalue weighted by atomic mass is 16.5. The summed E-state index contributed by atoms with van der Waals surface area (Å²) in [6.45, 7) is 6.60.